The molecule has 6 heterocycles. The van der Waals surface area contributed by atoms with Gasteiger partial charge in [0.25, 0.3) is 0 Å². The summed E-state index contributed by atoms with van der Waals surface area (Å²) in [5.74, 6) is 1.03. The van der Waals surface area contributed by atoms with Crippen LogP contribution in [-0.2, 0) is 64.4 Å². The van der Waals surface area contributed by atoms with Gasteiger partial charge in [-0.15, -0.1) is 0 Å². The maximum atomic E-state index is 12.9. The Balaban J connectivity index is 0.000000139. The molecule has 0 bridgehead atoms. The lowest BCUT2D eigenvalue weighted by Gasteiger charge is -2.19. The van der Waals surface area contributed by atoms with E-state index >= 15 is 0 Å². The maximum Gasteiger partial charge on any atom is 0.355 e. The molecule has 0 aliphatic rings. The number of ether oxygens (including phenoxy) is 3. The van der Waals surface area contributed by atoms with Crippen molar-refractivity contribution in [2.24, 2.45) is 0 Å². The minimum atomic E-state index is -4.08. The molecule has 6 aromatic heterocycles. The number of sulfone groups is 6. The molecule has 0 radical (unpaired) electrons. The lowest BCUT2D eigenvalue weighted by molar-refractivity contribution is 0.414. The number of methoxy groups -OCH3 is 3. The Morgan fingerprint density at radius 2 is 0.474 bits per heavy atom. The summed E-state index contributed by atoms with van der Waals surface area (Å²) in [5, 5.41) is 4.07. The molecule has 0 amide bonds. The largest absolute Gasteiger partial charge is 0.497 e. The third-order valence-electron chi connectivity index (χ3n) is 20.0. The van der Waals surface area contributed by atoms with Gasteiger partial charge in [-0.05, 0) is 278 Å². The zero-order chi connectivity index (χ0) is 99.2. The van der Waals surface area contributed by atoms with E-state index in [2.05, 4.69) is 47.8 Å². The third kappa shape index (κ3) is 23.2. The van der Waals surface area contributed by atoms with E-state index in [9.17, 15) is 83.7 Å². The van der Waals surface area contributed by atoms with Crippen LogP contribution in [0.4, 0.5) is 4.39 Å². The first-order valence-corrected chi connectivity index (χ1v) is 51.9. The monoisotopic (exact) mass is 2220 g/mol. The van der Waals surface area contributed by atoms with E-state index in [1.807, 2.05) is 20.8 Å². The average Bonchev–Trinajstić information content (AvgIpc) is 0.789. The first kappa shape index (κ1) is 102. The van der Waals surface area contributed by atoms with E-state index in [0.717, 1.165) is 43.2 Å². The van der Waals surface area contributed by atoms with Crippen LogP contribution in [-0.4, -0.2) is 71.8 Å². The summed E-state index contributed by atoms with van der Waals surface area (Å²) < 4.78 is 212. The highest BCUT2D eigenvalue weighted by Gasteiger charge is 2.31. The standard InChI is InChI=1S/C19H17ClO4S.C16H11BrO5S.C16H11ClO5S.C16H12O5S.C15H8BrClO4S.C15H8BrFO4S/c1-19(2,3)13-4-7-15(8-5-13)25(22,23)17-11-12-10-14(20)6-9-16(12)24-18(17)21;2*1-21-12-3-5-13(6-4-12)23(19,20)15-9-10-8-11(17)2-7-14(10)22-16(15)18;1-20-12-7-8-14-11(9-12)10-15(16(17)21-14)22(18,19)13-5-3-2-4-6-13;16-10-1-4-12(5-2-10)22(19,20)14-8-9-7-11(17)3-6-13(9)21-15(14)18;16-10-1-6-13-9(7-10)8-14(15(18)21-13)22(19,20)12-4-2-11(17)3-5-12/h4-11H,1-3H3;2*2-9H,1H3;2-10H,1H3;2*1-8H. The Labute approximate surface area is 818 Å². The molecule has 0 saturated heterocycles. The first-order valence-electron chi connectivity index (χ1n) is 39.4. The van der Waals surface area contributed by atoms with E-state index in [-0.39, 0.29) is 62.0 Å². The van der Waals surface area contributed by atoms with Gasteiger partial charge in [0.05, 0.1) is 50.7 Å². The van der Waals surface area contributed by atoms with Gasteiger partial charge in [-0.3, -0.25) is 0 Å². The second-order valence-electron chi connectivity index (χ2n) is 30.1. The molecule has 27 nitrogen and oxygen atoms in total. The lowest BCUT2D eigenvalue weighted by Crippen LogP contribution is -2.15. The summed E-state index contributed by atoms with van der Waals surface area (Å²) in [7, 11) is -19.5. The summed E-state index contributed by atoms with van der Waals surface area (Å²) in [6.45, 7) is 6.12. The second-order valence-corrected chi connectivity index (χ2v) is 45.6. The number of fused-ring (bicyclic) bond motifs is 6. The SMILES string of the molecule is CC(C)(C)c1ccc(S(=O)(=O)c2cc3cc(Cl)ccc3oc2=O)cc1.COc1ccc(S(=O)(=O)c2cc3cc(Br)ccc3oc2=O)cc1.COc1ccc(S(=O)(=O)c2cc3cc(Cl)ccc3oc2=O)cc1.COc1ccc2oc(=O)c(S(=O)(=O)c3ccccc3)cc2c1.O=c1oc2ccc(Br)cc2cc1S(=O)(=O)c1ccc(F)cc1.O=c1oc2ccc(Cl)cc2cc1S(=O)(=O)c1ccc(Br)cc1. The Hall–Kier alpha value is -12.8. The van der Waals surface area contributed by atoms with Crippen molar-refractivity contribution in [3.8, 4) is 17.2 Å². The summed E-state index contributed by atoms with van der Waals surface area (Å²) in [4.78, 5) is 69.8. The molecule has 0 fully saturated rings. The Bertz CT molecular complexity index is 8560. The van der Waals surface area contributed by atoms with Crippen LogP contribution in [0.25, 0.3) is 65.8 Å². The van der Waals surface area contributed by atoms with Gasteiger partial charge in [0.15, 0.2) is 29.4 Å². The van der Waals surface area contributed by atoms with Gasteiger partial charge in [-0.25, -0.2) is 83.7 Å². The highest BCUT2D eigenvalue weighted by molar-refractivity contribution is 9.11. The van der Waals surface area contributed by atoms with Gasteiger partial charge in [0, 0.05) is 60.8 Å². The van der Waals surface area contributed by atoms with Crippen LogP contribution in [0, 0.1) is 5.82 Å². The van der Waals surface area contributed by atoms with Crippen LogP contribution in [0.5, 0.6) is 17.2 Å². The molecular weight excluding hydrogens is 2150 g/mol. The molecule has 0 spiro atoms. The van der Waals surface area contributed by atoms with Crippen molar-refractivity contribution >= 4 is 207 Å². The van der Waals surface area contributed by atoms with E-state index in [1.54, 1.807) is 127 Å². The van der Waals surface area contributed by atoms with Gasteiger partial charge >= 0.3 is 33.8 Å². The van der Waals surface area contributed by atoms with Gasteiger partial charge in [0.2, 0.25) is 59.0 Å². The van der Waals surface area contributed by atoms with Crippen LogP contribution in [0.3, 0.4) is 0 Å². The van der Waals surface area contributed by atoms with Crippen LogP contribution in [0.15, 0.2) is 425 Å². The van der Waals surface area contributed by atoms with Gasteiger partial charge in [-0.1, -0.05) is 134 Å². The molecule has 702 valence electrons. The molecule has 0 aliphatic heterocycles. The van der Waals surface area contributed by atoms with Crippen molar-refractivity contribution in [1.82, 2.24) is 0 Å². The molecule has 0 unspecified atom stereocenters. The highest BCUT2D eigenvalue weighted by Crippen LogP contribution is 2.35. The molecular formula is C97H67Br3Cl3FO27S6. The maximum absolute atomic E-state index is 12.9. The van der Waals surface area contributed by atoms with Crippen molar-refractivity contribution in [3.63, 3.8) is 0 Å². The molecule has 18 rings (SSSR count). The fourth-order valence-corrected chi connectivity index (χ4v) is 22.3. The Kier molecular flexibility index (Phi) is 30.9. The summed E-state index contributed by atoms with van der Waals surface area (Å²) in [6.07, 6.45) is 0. The predicted molar refractivity (Wildman–Crippen MR) is 523 cm³/mol. The van der Waals surface area contributed by atoms with E-state index in [1.165, 1.54) is 167 Å². The molecule has 0 N–H and O–H groups in total. The number of hydrogen-bond donors (Lipinski definition) is 0. The highest BCUT2D eigenvalue weighted by atomic mass is 79.9. The van der Waals surface area contributed by atoms with Gasteiger partial charge in [-0.2, -0.15) is 0 Å². The van der Waals surface area contributed by atoms with E-state index < -0.39 is 123 Å². The lowest BCUT2D eigenvalue weighted by atomic mass is 9.87. The van der Waals surface area contributed by atoms with E-state index in [4.69, 9.17) is 75.5 Å². The van der Waals surface area contributed by atoms with Crippen LogP contribution < -0.4 is 48.0 Å². The molecule has 18 aromatic rings. The molecule has 137 heavy (non-hydrogen) atoms. The summed E-state index contributed by atoms with van der Waals surface area (Å²) in [5.41, 5.74) is -2.80. The molecule has 0 saturated carbocycles. The topological polar surface area (TPSA) is 414 Å². The zero-order valence-corrected chi connectivity index (χ0v) is 83.3. The number of benzene rings is 12. The molecule has 12 aromatic carbocycles. The smallest absolute Gasteiger partial charge is 0.355 e. The van der Waals surface area contributed by atoms with Crippen molar-refractivity contribution in [2.45, 2.75) is 84.9 Å². The van der Waals surface area contributed by atoms with Gasteiger partial charge < -0.3 is 40.7 Å². The zero-order valence-electron chi connectivity index (χ0n) is 71.4. The minimum absolute atomic E-state index is 0.0000492. The quantitative estimate of drug-likeness (QED) is 0.0679. The third-order valence-corrected chi connectivity index (χ3v) is 32.8. The fourth-order valence-electron chi connectivity index (χ4n) is 12.9. The number of halogens is 7. The van der Waals surface area contributed by atoms with Crippen LogP contribution in [0.2, 0.25) is 15.1 Å². The fraction of sp³-hybridized carbons (Fsp3) is 0.0722. The normalized spacial score (nSPS) is 11.8. The molecule has 0 atom stereocenters. The van der Waals surface area contributed by atoms with Crippen molar-refractivity contribution < 1.29 is 95.6 Å². The van der Waals surface area contributed by atoms with Crippen molar-refractivity contribution in [2.75, 3.05) is 21.3 Å². The molecule has 40 heteroatoms. The van der Waals surface area contributed by atoms with Crippen LogP contribution >= 0.6 is 82.6 Å². The van der Waals surface area contributed by atoms with E-state index in [0.29, 0.717) is 75.8 Å². The Morgan fingerprint density at radius 1 is 0.255 bits per heavy atom. The van der Waals surface area contributed by atoms with Crippen LogP contribution in [0.1, 0.15) is 26.3 Å². The average molecular weight is 2220 g/mol. The van der Waals surface area contributed by atoms with Crippen molar-refractivity contribution in [1.29, 1.82) is 0 Å². The van der Waals surface area contributed by atoms with Crippen molar-refractivity contribution in [3.05, 3.63) is 400 Å². The Morgan fingerprint density at radius 3 is 0.752 bits per heavy atom. The number of rotatable bonds is 15. The first-order chi connectivity index (χ1) is 64.7. The molecule has 0 aliphatic carbocycles. The predicted octanol–water partition coefficient (Wildman–Crippen LogP) is 21.5. The summed E-state index contributed by atoms with van der Waals surface area (Å²) >= 11 is 27.5. The summed E-state index contributed by atoms with van der Waals surface area (Å²) in [6, 6.07) is 72.5. The van der Waals surface area contributed by atoms with Gasteiger partial charge in [0.1, 0.15) is 56.6 Å². The second kappa shape index (κ2) is 41.7. The number of hydrogen-bond acceptors (Lipinski definition) is 27. The minimum Gasteiger partial charge on any atom is -0.497 e.